The summed E-state index contributed by atoms with van der Waals surface area (Å²) in [6, 6.07) is 12.9. The van der Waals surface area contributed by atoms with Crippen LogP contribution in [-0.2, 0) is 10.0 Å². The molecule has 1 aromatic heterocycles. The minimum absolute atomic E-state index is 0.0128. The Hall–Kier alpha value is -3.22. The molecule has 27 heavy (non-hydrogen) atoms. The Morgan fingerprint density at radius 1 is 1.26 bits per heavy atom. The number of nitrogens with one attached hydrogen (secondary N) is 3. The molecular formula is C18H17N5O3S. The lowest BCUT2D eigenvalue weighted by Gasteiger charge is -2.08. The molecule has 0 aliphatic carbocycles. The average Bonchev–Trinajstić information content (AvgIpc) is 3.01. The number of fused-ring (bicyclic) bond motifs is 1. The Morgan fingerprint density at radius 3 is 2.85 bits per heavy atom. The van der Waals surface area contributed by atoms with Crippen molar-refractivity contribution >= 4 is 32.7 Å². The van der Waals surface area contributed by atoms with E-state index in [9.17, 15) is 13.2 Å². The molecular weight excluding hydrogens is 366 g/mol. The van der Waals surface area contributed by atoms with Crippen LogP contribution in [0, 0.1) is 18.3 Å². The van der Waals surface area contributed by atoms with Gasteiger partial charge in [-0.3, -0.25) is 4.79 Å². The van der Waals surface area contributed by atoms with E-state index in [1.165, 1.54) is 24.3 Å². The summed E-state index contributed by atoms with van der Waals surface area (Å²) < 4.78 is 26.8. The monoisotopic (exact) mass is 383 g/mol. The van der Waals surface area contributed by atoms with Crippen molar-refractivity contribution in [3.63, 3.8) is 0 Å². The van der Waals surface area contributed by atoms with Crippen LogP contribution in [0.4, 0.5) is 5.69 Å². The lowest BCUT2D eigenvalue weighted by Crippen LogP contribution is -2.25. The number of carbonyl (C=O) groups is 1. The molecule has 3 rings (SSSR count). The van der Waals surface area contributed by atoms with Gasteiger partial charge in [-0.05, 0) is 43.3 Å². The van der Waals surface area contributed by atoms with Crippen molar-refractivity contribution < 1.29 is 13.2 Å². The Balaban J connectivity index is 1.79. The molecule has 0 saturated carbocycles. The first kappa shape index (κ1) is 18.6. The van der Waals surface area contributed by atoms with Crippen molar-refractivity contribution in [1.29, 1.82) is 5.26 Å². The van der Waals surface area contributed by atoms with Gasteiger partial charge in [-0.2, -0.15) is 5.26 Å². The van der Waals surface area contributed by atoms with E-state index in [-0.39, 0.29) is 23.4 Å². The molecule has 138 valence electrons. The van der Waals surface area contributed by atoms with Crippen molar-refractivity contribution in [3.05, 3.63) is 53.9 Å². The summed E-state index contributed by atoms with van der Waals surface area (Å²) in [6.45, 7) is 1.85. The molecule has 2 aromatic carbocycles. The van der Waals surface area contributed by atoms with Crippen LogP contribution in [0.3, 0.4) is 0 Å². The van der Waals surface area contributed by atoms with Gasteiger partial charge in [-0.15, -0.1) is 0 Å². The predicted octanol–water partition coefficient (Wildman–Crippen LogP) is 2.32. The zero-order valence-electron chi connectivity index (χ0n) is 14.5. The molecule has 0 fully saturated rings. The van der Waals surface area contributed by atoms with E-state index in [0.717, 1.165) is 16.9 Å². The van der Waals surface area contributed by atoms with E-state index in [4.69, 9.17) is 5.26 Å². The molecule has 0 spiro atoms. The highest BCUT2D eigenvalue weighted by Gasteiger charge is 2.16. The Kier molecular flexibility index (Phi) is 5.21. The zero-order valence-corrected chi connectivity index (χ0v) is 15.3. The molecule has 9 heteroatoms. The smallest absolute Gasteiger partial charge is 0.255 e. The first-order chi connectivity index (χ1) is 12.9. The van der Waals surface area contributed by atoms with Crippen molar-refractivity contribution in [3.8, 4) is 6.07 Å². The molecule has 1 amide bonds. The maximum atomic E-state index is 12.5. The van der Waals surface area contributed by atoms with Crippen LogP contribution >= 0.6 is 0 Å². The third kappa shape index (κ3) is 4.31. The third-order valence-electron chi connectivity index (χ3n) is 3.79. The minimum Gasteiger partial charge on any atom is -0.342 e. The normalized spacial score (nSPS) is 11.3. The summed E-state index contributed by atoms with van der Waals surface area (Å²) in [7, 11) is -3.78. The zero-order chi connectivity index (χ0) is 19.4. The molecule has 0 bridgehead atoms. The number of hydrogen-bond donors (Lipinski definition) is 3. The number of aromatic nitrogens is 2. The van der Waals surface area contributed by atoms with Gasteiger partial charge in [-0.25, -0.2) is 18.1 Å². The van der Waals surface area contributed by atoms with Gasteiger partial charge in [0.2, 0.25) is 10.0 Å². The van der Waals surface area contributed by atoms with Crippen LogP contribution in [0.2, 0.25) is 0 Å². The molecule has 0 saturated heterocycles. The van der Waals surface area contributed by atoms with Gasteiger partial charge in [0, 0.05) is 24.2 Å². The number of hydrogen-bond acceptors (Lipinski definition) is 5. The fourth-order valence-corrected chi connectivity index (χ4v) is 3.62. The summed E-state index contributed by atoms with van der Waals surface area (Å²) in [5.41, 5.74) is 2.36. The molecule has 0 aliphatic heterocycles. The van der Waals surface area contributed by atoms with Crippen molar-refractivity contribution in [2.24, 2.45) is 0 Å². The summed E-state index contributed by atoms with van der Waals surface area (Å²) in [4.78, 5) is 19.9. The topological polar surface area (TPSA) is 128 Å². The van der Waals surface area contributed by atoms with E-state index in [1.54, 1.807) is 18.2 Å². The summed E-state index contributed by atoms with van der Waals surface area (Å²) in [5.74, 6) is 0.343. The molecule has 3 aromatic rings. The summed E-state index contributed by atoms with van der Waals surface area (Å²) in [5, 5.41) is 11.3. The highest BCUT2D eigenvalue weighted by Crippen LogP contribution is 2.18. The first-order valence-electron chi connectivity index (χ1n) is 8.13. The molecule has 8 nitrogen and oxygen atoms in total. The second kappa shape index (κ2) is 7.57. The number of nitrogens with zero attached hydrogens (tertiary/aromatic N) is 2. The second-order valence-corrected chi connectivity index (χ2v) is 7.61. The van der Waals surface area contributed by atoms with E-state index in [0.29, 0.717) is 5.69 Å². The number of nitriles is 1. The van der Waals surface area contributed by atoms with Crippen LogP contribution in [0.25, 0.3) is 11.0 Å². The van der Waals surface area contributed by atoms with Gasteiger partial charge in [0.05, 0.1) is 22.0 Å². The number of benzene rings is 2. The van der Waals surface area contributed by atoms with Crippen LogP contribution in [0.15, 0.2) is 47.4 Å². The lowest BCUT2D eigenvalue weighted by atomic mass is 10.2. The van der Waals surface area contributed by atoms with Crippen LogP contribution in [0.5, 0.6) is 0 Å². The Labute approximate surface area is 156 Å². The third-order valence-corrected chi connectivity index (χ3v) is 5.25. The lowest BCUT2D eigenvalue weighted by molar-refractivity contribution is 0.102. The van der Waals surface area contributed by atoms with Gasteiger partial charge in [0.15, 0.2) is 0 Å². The number of sulfonamides is 1. The fraction of sp³-hybridized carbons (Fsp3) is 0.167. The summed E-state index contributed by atoms with van der Waals surface area (Å²) >= 11 is 0. The fourth-order valence-electron chi connectivity index (χ4n) is 2.55. The van der Waals surface area contributed by atoms with Crippen LogP contribution in [0.1, 0.15) is 22.6 Å². The quantitative estimate of drug-likeness (QED) is 0.563. The molecule has 0 atom stereocenters. The Bertz CT molecular complexity index is 1150. The average molecular weight is 383 g/mol. The molecule has 0 radical (unpaired) electrons. The molecule has 3 N–H and O–H groups in total. The number of imidazole rings is 1. The first-order valence-corrected chi connectivity index (χ1v) is 9.62. The van der Waals surface area contributed by atoms with Crippen molar-refractivity contribution in [1.82, 2.24) is 14.7 Å². The highest BCUT2D eigenvalue weighted by molar-refractivity contribution is 7.89. The Morgan fingerprint density at radius 2 is 2.07 bits per heavy atom. The molecule has 0 aliphatic rings. The largest absolute Gasteiger partial charge is 0.342 e. The number of rotatable bonds is 6. The van der Waals surface area contributed by atoms with Crippen LogP contribution in [-0.4, -0.2) is 30.8 Å². The molecule has 0 unspecified atom stereocenters. The number of aryl methyl sites for hydroxylation is 1. The van der Waals surface area contributed by atoms with Gasteiger partial charge >= 0.3 is 0 Å². The number of anilines is 1. The maximum absolute atomic E-state index is 12.5. The number of aromatic amines is 1. The van der Waals surface area contributed by atoms with E-state index in [1.807, 2.05) is 13.0 Å². The molecule has 1 heterocycles. The number of amides is 1. The van der Waals surface area contributed by atoms with Gasteiger partial charge in [-0.1, -0.05) is 6.07 Å². The SMILES string of the molecule is Cc1nc2ccc(NC(=O)c3cccc(S(=O)(=O)NCCC#N)c3)cc2[nH]1. The summed E-state index contributed by atoms with van der Waals surface area (Å²) in [6.07, 6.45) is 0.0644. The standard InChI is InChI=1S/C18H17N5O3S/c1-12-21-16-7-6-14(11-17(16)22-12)23-18(24)13-4-2-5-15(10-13)27(25,26)20-9-3-8-19/h2,4-7,10-11,20H,3,9H2,1H3,(H,21,22)(H,23,24). The minimum atomic E-state index is -3.78. The predicted molar refractivity (Wildman–Crippen MR) is 101 cm³/mol. The number of carbonyl (C=O) groups excluding carboxylic acids is 1. The maximum Gasteiger partial charge on any atom is 0.255 e. The van der Waals surface area contributed by atoms with Gasteiger partial charge in [0.25, 0.3) is 5.91 Å². The highest BCUT2D eigenvalue weighted by atomic mass is 32.2. The van der Waals surface area contributed by atoms with Gasteiger partial charge < -0.3 is 10.3 Å². The second-order valence-electron chi connectivity index (χ2n) is 5.84. The van der Waals surface area contributed by atoms with Crippen LogP contribution < -0.4 is 10.0 Å². The van der Waals surface area contributed by atoms with E-state index < -0.39 is 15.9 Å². The van der Waals surface area contributed by atoms with E-state index in [2.05, 4.69) is 20.0 Å². The van der Waals surface area contributed by atoms with Crippen molar-refractivity contribution in [2.75, 3.05) is 11.9 Å². The van der Waals surface area contributed by atoms with Gasteiger partial charge in [0.1, 0.15) is 5.82 Å². The van der Waals surface area contributed by atoms with Crippen molar-refractivity contribution in [2.45, 2.75) is 18.2 Å². The van der Waals surface area contributed by atoms with E-state index >= 15 is 0 Å². The number of H-pyrrole nitrogens is 1.